The first-order chi connectivity index (χ1) is 19.5. The van der Waals surface area contributed by atoms with Gasteiger partial charge in [0.15, 0.2) is 17.3 Å². The van der Waals surface area contributed by atoms with Crippen LogP contribution in [0.5, 0.6) is 11.5 Å². The Morgan fingerprint density at radius 2 is 1.80 bits per heavy atom. The molecule has 0 unspecified atom stereocenters. The van der Waals surface area contributed by atoms with Crippen LogP contribution in [0, 0.1) is 0 Å². The van der Waals surface area contributed by atoms with Gasteiger partial charge in [-0.25, -0.2) is 9.97 Å². The third kappa shape index (κ3) is 7.84. The van der Waals surface area contributed by atoms with Crippen LogP contribution in [0.2, 0.25) is 0 Å². The summed E-state index contributed by atoms with van der Waals surface area (Å²) in [5.41, 5.74) is 11.7. The van der Waals surface area contributed by atoms with E-state index in [2.05, 4.69) is 38.7 Å². The number of nitrogens with one attached hydrogen (secondary N) is 2. The third-order valence-corrected chi connectivity index (χ3v) is 6.61. The van der Waals surface area contributed by atoms with Gasteiger partial charge in [0.2, 0.25) is 0 Å². The molecule has 4 rings (SSSR count). The fourth-order valence-corrected chi connectivity index (χ4v) is 4.30. The Morgan fingerprint density at radius 1 is 1.05 bits per heavy atom. The Hall–Kier alpha value is -4.34. The maximum atomic E-state index is 6.32. The van der Waals surface area contributed by atoms with Gasteiger partial charge in [-0.2, -0.15) is 0 Å². The number of anilines is 1. The number of nitrogens with two attached hydrogens (primary N) is 1. The number of morpholine rings is 1. The van der Waals surface area contributed by atoms with Crippen molar-refractivity contribution in [2.24, 2.45) is 5.73 Å². The van der Waals surface area contributed by atoms with Gasteiger partial charge in [-0.05, 0) is 54.9 Å². The van der Waals surface area contributed by atoms with E-state index in [-0.39, 0.29) is 0 Å². The fourth-order valence-electron chi connectivity index (χ4n) is 4.30. The van der Waals surface area contributed by atoms with Crippen molar-refractivity contribution < 1.29 is 14.2 Å². The van der Waals surface area contributed by atoms with Crippen molar-refractivity contribution in [2.75, 3.05) is 58.9 Å². The number of nitrogens with zero attached hydrogens (tertiary/aromatic N) is 3. The lowest BCUT2D eigenvalue weighted by Gasteiger charge is -2.26. The maximum Gasteiger partial charge on any atom is 0.161 e. The molecule has 0 bridgehead atoms. The molecule has 9 heteroatoms. The molecule has 2 heterocycles. The van der Waals surface area contributed by atoms with E-state index in [4.69, 9.17) is 19.9 Å². The lowest BCUT2D eigenvalue weighted by atomic mass is 10.1. The van der Waals surface area contributed by atoms with Crippen LogP contribution >= 0.6 is 0 Å². The first-order valence-corrected chi connectivity index (χ1v) is 13.3. The van der Waals surface area contributed by atoms with Gasteiger partial charge in [-0.1, -0.05) is 25.3 Å². The summed E-state index contributed by atoms with van der Waals surface area (Å²) in [5.74, 6) is 1.75. The monoisotopic (exact) mass is 542 g/mol. The number of aromatic nitrogens is 2. The predicted molar refractivity (Wildman–Crippen MR) is 161 cm³/mol. The summed E-state index contributed by atoms with van der Waals surface area (Å²) in [5, 5.41) is 6.68. The topological polar surface area (TPSA) is 107 Å². The molecule has 0 saturated carbocycles. The van der Waals surface area contributed by atoms with E-state index in [0.29, 0.717) is 28.7 Å². The highest BCUT2D eigenvalue weighted by atomic mass is 16.5. The summed E-state index contributed by atoms with van der Waals surface area (Å²) in [4.78, 5) is 11.4. The van der Waals surface area contributed by atoms with Crippen molar-refractivity contribution in [3.05, 3.63) is 90.7 Å². The van der Waals surface area contributed by atoms with Crippen LogP contribution in [0.3, 0.4) is 0 Å². The van der Waals surface area contributed by atoms with E-state index in [1.807, 2.05) is 48.5 Å². The molecule has 1 aliphatic heterocycles. The molecule has 0 atom stereocenters. The van der Waals surface area contributed by atoms with Crippen LogP contribution in [0.4, 0.5) is 5.69 Å². The average molecular weight is 543 g/mol. The Labute approximate surface area is 236 Å². The largest absolute Gasteiger partial charge is 0.493 e. The summed E-state index contributed by atoms with van der Waals surface area (Å²) < 4.78 is 16.1. The Morgan fingerprint density at radius 3 is 2.52 bits per heavy atom. The Bertz CT molecular complexity index is 1330. The molecule has 9 nitrogen and oxygen atoms in total. The normalized spacial score (nSPS) is 13.9. The summed E-state index contributed by atoms with van der Waals surface area (Å²) in [6.45, 7) is 13.9. The Balaban J connectivity index is 1.31. The van der Waals surface area contributed by atoms with Crippen LogP contribution in [0.25, 0.3) is 23.0 Å². The van der Waals surface area contributed by atoms with Crippen molar-refractivity contribution >= 4 is 17.5 Å². The smallest absolute Gasteiger partial charge is 0.161 e. The van der Waals surface area contributed by atoms with Crippen molar-refractivity contribution in [1.82, 2.24) is 20.2 Å². The minimum absolute atomic E-state index is 0.430. The van der Waals surface area contributed by atoms with E-state index in [0.717, 1.165) is 74.0 Å². The molecular weight excluding hydrogens is 504 g/mol. The summed E-state index contributed by atoms with van der Waals surface area (Å²) in [7, 11) is 3.21. The second-order valence-electron chi connectivity index (χ2n) is 9.36. The van der Waals surface area contributed by atoms with Crippen LogP contribution in [-0.2, 0) is 4.74 Å². The van der Waals surface area contributed by atoms with Crippen LogP contribution in [-0.4, -0.2) is 68.5 Å². The molecule has 1 fully saturated rings. The van der Waals surface area contributed by atoms with Gasteiger partial charge in [-0.3, -0.25) is 4.90 Å². The fraction of sp³-hybridized carbons (Fsp3) is 0.290. The number of hydrogen-bond acceptors (Lipinski definition) is 9. The summed E-state index contributed by atoms with van der Waals surface area (Å²) in [6, 6.07) is 15.4. The summed E-state index contributed by atoms with van der Waals surface area (Å²) in [6.07, 6.45) is 4.44. The van der Waals surface area contributed by atoms with Crippen LogP contribution < -0.4 is 25.8 Å². The minimum atomic E-state index is 0.430. The average Bonchev–Trinajstić information content (AvgIpc) is 2.99. The van der Waals surface area contributed by atoms with E-state index < -0.39 is 0 Å². The SMILES string of the molecule is C=C(Nc1ccc(C(=C)NCCCN2CCOCC2)cc1)C(N)=Cc1nccc(-c2ccc(OC)c(OC)c2)n1. The molecule has 1 aliphatic rings. The highest BCUT2D eigenvalue weighted by molar-refractivity contribution is 5.67. The van der Waals surface area contributed by atoms with Crippen LogP contribution in [0.15, 0.2) is 79.3 Å². The molecule has 3 aromatic rings. The molecule has 0 amide bonds. The highest BCUT2D eigenvalue weighted by Gasteiger charge is 2.10. The molecule has 1 aromatic heterocycles. The first-order valence-electron chi connectivity index (χ1n) is 13.3. The predicted octanol–water partition coefficient (Wildman–Crippen LogP) is 4.37. The van der Waals surface area contributed by atoms with Gasteiger partial charge < -0.3 is 30.6 Å². The molecule has 40 heavy (non-hydrogen) atoms. The van der Waals surface area contributed by atoms with Crippen molar-refractivity contribution in [2.45, 2.75) is 6.42 Å². The van der Waals surface area contributed by atoms with E-state index in [9.17, 15) is 0 Å². The van der Waals surface area contributed by atoms with Gasteiger partial charge in [0.25, 0.3) is 0 Å². The molecule has 2 aromatic carbocycles. The van der Waals surface area contributed by atoms with E-state index in [1.165, 1.54) is 0 Å². The second kappa shape index (κ2) is 14.2. The van der Waals surface area contributed by atoms with Gasteiger partial charge in [-0.15, -0.1) is 0 Å². The number of hydrogen-bond donors (Lipinski definition) is 3. The van der Waals surface area contributed by atoms with E-state index >= 15 is 0 Å². The van der Waals surface area contributed by atoms with Gasteiger partial charge >= 0.3 is 0 Å². The van der Waals surface area contributed by atoms with Crippen molar-refractivity contribution in [1.29, 1.82) is 0 Å². The first kappa shape index (κ1) is 28.7. The van der Waals surface area contributed by atoms with E-state index in [1.54, 1.807) is 26.5 Å². The van der Waals surface area contributed by atoms with Crippen molar-refractivity contribution in [3.8, 4) is 22.8 Å². The summed E-state index contributed by atoms with van der Waals surface area (Å²) >= 11 is 0. The molecule has 0 aliphatic carbocycles. The van der Waals surface area contributed by atoms with Gasteiger partial charge in [0.05, 0.1) is 44.5 Å². The zero-order valence-electron chi connectivity index (χ0n) is 23.3. The lowest BCUT2D eigenvalue weighted by Crippen LogP contribution is -2.37. The number of benzene rings is 2. The molecule has 0 spiro atoms. The molecule has 0 radical (unpaired) electrons. The van der Waals surface area contributed by atoms with Gasteiger partial charge in [0, 0.05) is 48.9 Å². The number of ether oxygens (including phenoxy) is 3. The molecule has 1 saturated heterocycles. The maximum absolute atomic E-state index is 6.32. The minimum Gasteiger partial charge on any atom is -0.493 e. The number of rotatable bonds is 13. The zero-order valence-corrected chi connectivity index (χ0v) is 23.3. The molecular formula is C31H38N6O3. The van der Waals surface area contributed by atoms with Crippen LogP contribution in [0.1, 0.15) is 17.8 Å². The van der Waals surface area contributed by atoms with Crippen molar-refractivity contribution in [3.63, 3.8) is 0 Å². The molecule has 4 N–H and O–H groups in total. The standard InChI is InChI=1S/C31H38N6O3/c1-22(33-13-5-15-37-16-18-40-19-17-37)24-6-9-26(10-7-24)35-23(2)27(32)21-31-34-14-12-28(36-31)25-8-11-29(38-3)30(20-25)39-4/h6-12,14,20-21,33,35H,1-2,5,13,15-19,32H2,3-4H3. The Kier molecular flexibility index (Phi) is 10.1. The number of methoxy groups -OCH3 is 2. The molecule has 210 valence electrons. The lowest BCUT2D eigenvalue weighted by molar-refractivity contribution is 0.0376. The zero-order chi connectivity index (χ0) is 28.3. The highest BCUT2D eigenvalue weighted by Crippen LogP contribution is 2.31. The quantitative estimate of drug-likeness (QED) is 0.214. The third-order valence-electron chi connectivity index (χ3n) is 6.61. The van der Waals surface area contributed by atoms with Gasteiger partial charge in [0.1, 0.15) is 0 Å². The second-order valence-corrected chi connectivity index (χ2v) is 9.36.